The van der Waals surface area contributed by atoms with Gasteiger partial charge in [0.25, 0.3) is 0 Å². The maximum Gasteiger partial charge on any atom is 0.320 e. The Morgan fingerprint density at radius 2 is 2.25 bits per heavy atom. The fourth-order valence-electron chi connectivity index (χ4n) is 1.18. The number of esters is 1. The summed E-state index contributed by atoms with van der Waals surface area (Å²) in [7, 11) is 0. The van der Waals surface area contributed by atoms with Crippen LogP contribution in [0.4, 0.5) is 0 Å². The quantitative estimate of drug-likeness (QED) is 0.670. The lowest BCUT2D eigenvalue weighted by Crippen LogP contribution is -2.27. The Kier molecular flexibility index (Phi) is 4.95. The lowest BCUT2D eigenvalue weighted by Gasteiger charge is -2.09. The number of carbonyl (C=O) groups is 2. The second-order valence-electron chi connectivity index (χ2n) is 3.05. The fourth-order valence-corrected chi connectivity index (χ4v) is 2.71. The molecule has 0 aliphatic rings. The number of rotatable bonds is 5. The average molecular weight is 307 g/mol. The first-order valence-electron chi connectivity index (χ1n) is 4.68. The van der Waals surface area contributed by atoms with Gasteiger partial charge < -0.3 is 9.84 Å². The van der Waals surface area contributed by atoms with Gasteiger partial charge in [-0.05, 0) is 35.0 Å². The Bertz CT molecular complexity index is 388. The summed E-state index contributed by atoms with van der Waals surface area (Å²) >= 11 is 4.70. The first kappa shape index (κ1) is 13.2. The van der Waals surface area contributed by atoms with Crippen molar-refractivity contribution in [2.45, 2.75) is 13.3 Å². The Balaban J connectivity index is 2.72. The molecule has 0 aliphatic heterocycles. The molecule has 0 saturated heterocycles. The molecule has 1 aromatic heterocycles. The highest BCUT2D eigenvalue weighted by molar-refractivity contribution is 9.11. The summed E-state index contributed by atoms with van der Waals surface area (Å²) in [5.41, 5.74) is 0. The van der Waals surface area contributed by atoms with Crippen LogP contribution >= 0.6 is 27.3 Å². The van der Waals surface area contributed by atoms with Gasteiger partial charge in [0.15, 0.2) is 5.92 Å². The molecular weight excluding hydrogens is 296 g/mol. The van der Waals surface area contributed by atoms with Crippen LogP contribution in [-0.2, 0) is 20.7 Å². The zero-order chi connectivity index (χ0) is 12.1. The van der Waals surface area contributed by atoms with E-state index in [4.69, 9.17) is 9.84 Å². The molecule has 6 heteroatoms. The summed E-state index contributed by atoms with van der Waals surface area (Å²) in [5.74, 6) is -2.95. The molecule has 1 rings (SSSR count). The number of carboxylic acid groups (broad SMARTS) is 1. The molecule has 0 fully saturated rings. The van der Waals surface area contributed by atoms with Gasteiger partial charge in [-0.1, -0.05) is 0 Å². The summed E-state index contributed by atoms with van der Waals surface area (Å²) in [5, 5.41) is 8.93. The largest absolute Gasteiger partial charge is 0.481 e. The topological polar surface area (TPSA) is 63.6 Å². The molecule has 1 heterocycles. The Morgan fingerprint density at radius 1 is 1.56 bits per heavy atom. The summed E-state index contributed by atoms with van der Waals surface area (Å²) < 4.78 is 5.63. The molecule has 1 N–H and O–H groups in total. The van der Waals surface area contributed by atoms with E-state index in [1.165, 1.54) is 11.3 Å². The number of halogens is 1. The predicted molar refractivity (Wildman–Crippen MR) is 63.5 cm³/mol. The van der Waals surface area contributed by atoms with Crippen molar-refractivity contribution in [1.82, 2.24) is 0 Å². The molecule has 0 radical (unpaired) electrons. The number of ether oxygens (including phenoxy) is 1. The summed E-state index contributed by atoms with van der Waals surface area (Å²) in [6, 6.07) is 3.62. The van der Waals surface area contributed by atoms with Gasteiger partial charge in [0.05, 0.1) is 10.4 Å². The van der Waals surface area contributed by atoms with Gasteiger partial charge in [0.2, 0.25) is 0 Å². The number of hydrogen-bond acceptors (Lipinski definition) is 4. The third-order valence-corrected chi connectivity index (χ3v) is 3.55. The molecule has 0 spiro atoms. The van der Waals surface area contributed by atoms with Crippen molar-refractivity contribution in [2.24, 2.45) is 5.92 Å². The fraction of sp³-hybridized carbons (Fsp3) is 0.400. The third kappa shape index (κ3) is 3.61. The molecule has 0 amide bonds. The van der Waals surface area contributed by atoms with E-state index < -0.39 is 17.9 Å². The van der Waals surface area contributed by atoms with E-state index >= 15 is 0 Å². The minimum atomic E-state index is -1.15. The lowest BCUT2D eigenvalue weighted by atomic mass is 10.1. The maximum absolute atomic E-state index is 11.4. The lowest BCUT2D eigenvalue weighted by molar-refractivity contribution is -0.158. The van der Waals surface area contributed by atoms with Crippen LogP contribution in [0.2, 0.25) is 0 Å². The molecule has 4 nitrogen and oxygen atoms in total. The predicted octanol–water partition coefficient (Wildman–Crippen LogP) is 2.32. The highest BCUT2D eigenvalue weighted by atomic mass is 79.9. The monoisotopic (exact) mass is 306 g/mol. The molecule has 1 unspecified atom stereocenters. The zero-order valence-corrected chi connectivity index (χ0v) is 11.0. The Morgan fingerprint density at radius 3 is 2.69 bits per heavy atom. The van der Waals surface area contributed by atoms with Crippen molar-refractivity contribution in [2.75, 3.05) is 6.61 Å². The maximum atomic E-state index is 11.4. The minimum Gasteiger partial charge on any atom is -0.481 e. The average Bonchev–Trinajstić information content (AvgIpc) is 2.60. The summed E-state index contributed by atoms with van der Waals surface area (Å²) in [6.07, 6.45) is 0.171. The normalized spacial score (nSPS) is 12.1. The van der Waals surface area contributed by atoms with E-state index in [0.717, 1.165) is 8.66 Å². The van der Waals surface area contributed by atoms with Crippen molar-refractivity contribution >= 4 is 39.2 Å². The molecule has 88 valence electrons. The highest BCUT2D eigenvalue weighted by Gasteiger charge is 2.28. The molecule has 1 aromatic rings. The van der Waals surface area contributed by atoms with E-state index in [-0.39, 0.29) is 13.0 Å². The van der Waals surface area contributed by atoms with Gasteiger partial charge in [0.1, 0.15) is 0 Å². The number of hydrogen-bond donors (Lipinski definition) is 1. The molecule has 16 heavy (non-hydrogen) atoms. The van der Waals surface area contributed by atoms with E-state index in [2.05, 4.69) is 15.9 Å². The Hall–Kier alpha value is -0.880. The van der Waals surface area contributed by atoms with Gasteiger partial charge in [0, 0.05) is 11.3 Å². The SMILES string of the molecule is CCOC(=O)C(Cc1ccc(Br)s1)C(=O)O. The van der Waals surface area contributed by atoms with Gasteiger partial charge in [-0.15, -0.1) is 11.3 Å². The van der Waals surface area contributed by atoms with Crippen LogP contribution in [0.3, 0.4) is 0 Å². The standard InChI is InChI=1S/C10H11BrO4S/c1-2-15-10(14)7(9(12)13)5-6-3-4-8(11)16-6/h3-4,7H,2,5H2,1H3,(H,12,13). The van der Waals surface area contributed by atoms with Crippen molar-refractivity contribution in [3.63, 3.8) is 0 Å². The van der Waals surface area contributed by atoms with E-state index in [9.17, 15) is 9.59 Å². The molecule has 1 atom stereocenters. The van der Waals surface area contributed by atoms with Crippen molar-refractivity contribution in [1.29, 1.82) is 0 Å². The summed E-state index contributed by atoms with van der Waals surface area (Å²) in [4.78, 5) is 23.1. The zero-order valence-electron chi connectivity index (χ0n) is 8.60. The first-order valence-corrected chi connectivity index (χ1v) is 6.29. The third-order valence-electron chi connectivity index (χ3n) is 1.90. The summed E-state index contributed by atoms with van der Waals surface area (Å²) in [6.45, 7) is 1.84. The smallest absolute Gasteiger partial charge is 0.320 e. The van der Waals surface area contributed by atoms with Crippen LogP contribution in [0.25, 0.3) is 0 Å². The van der Waals surface area contributed by atoms with Crippen LogP contribution in [0, 0.1) is 5.92 Å². The van der Waals surface area contributed by atoms with E-state index in [1.807, 2.05) is 6.07 Å². The van der Waals surface area contributed by atoms with Crippen LogP contribution in [-0.4, -0.2) is 23.7 Å². The van der Waals surface area contributed by atoms with Gasteiger partial charge in [-0.25, -0.2) is 0 Å². The van der Waals surface area contributed by atoms with Crippen LogP contribution in [0.15, 0.2) is 15.9 Å². The minimum absolute atomic E-state index is 0.171. The van der Waals surface area contributed by atoms with Crippen LogP contribution < -0.4 is 0 Å². The number of aliphatic carboxylic acids is 1. The molecular formula is C10H11BrO4S. The molecule has 0 saturated carbocycles. The second-order valence-corrected chi connectivity index (χ2v) is 5.60. The Labute approximate surface area is 105 Å². The van der Waals surface area contributed by atoms with Crippen LogP contribution in [0.1, 0.15) is 11.8 Å². The van der Waals surface area contributed by atoms with E-state index in [1.54, 1.807) is 13.0 Å². The highest BCUT2D eigenvalue weighted by Crippen LogP contribution is 2.24. The van der Waals surface area contributed by atoms with E-state index in [0.29, 0.717) is 0 Å². The molecule has 0 bridgehead atoms. The molecule has 0 aliphatic carbocycles. The number of carboxylic acids is 1. The van der Waals surface area contributed by atoms with Gasteiger partial charge >= 0.3 is 11.9 Å². The van der Waals surface area contributed by atoms with Crippen LogP contribution in [0.5, 0.6) is 0 Å². The molecule has 0 aromatic carbocycles. The number of carbonyl (C=O) groups excluding carboxylic acids is 1. The van der Waals surface area contributed by atoms with Crippen molar-refractivity contribution in [3.05, 3.63) is 20.8 Å². The van der Waals surface area contributed by atoms with Crippen molar-refractivity contribution in [3.8, 4) is 0 Å². The second kappa shape index (κ2) is 6.00. The first-order chi connectivity index (χ1) is 7.54. The van der Waals surface area contributed by atoms with Crippen molar-refractivity contribution < 1.29 is 19.4 Å². The van der Waals surface area contributed by atoms with Gasteiger partial charge in [-0.3, -0.25) is 9.59 Å². The van der Waals surface area contributed by atoms with Gasteiger partial charge in [-0.2, -0.15) is 0 Å². The number of thiophene rings is 1.